The summed E-state index contributed by atoms with van der Waals surface area (Å²) >= 11 is 0. The van der Waals surface area contributed by atoms with Crippen molar-refractivity contribution in [3.8, 4) is 22.8 Å². The van der Waals surface area contributed by atoms with E-state index in [9.17, 15) is 13.6 Å². The van der Waals surface area contributed by atoms with Crippen LogP contribution in [0.5, 0.6) is 11.5 Å². The Morgan fingerprint density at radius 3 is 2.72 bits per heavy atom. The molecule has 1 N–H and O–H groups in total. The third-order valence-corrected chi connectivity index (χ3v) is 3.63. The van der Waals surface area contributed by atoms with Gasteiger partial charge in [-0.3, -0.25) is 4.79 Å². The summed E-state index contributed by atoms with van der Waals surface area (Å²) in [5, 5.41) is 6.24. The molecule has 2 heterocycles. The van der Waals surface area contributed by atoms with E-state index in [0.717, 1.165) is 12.1 Å². The van der Waals surface area contributed by atoms with Gasteiger partial charge in [0.2, 0.25) is 6.79 Å². The first-order valence-electron chi connectivity index (χ1n) is 7.23. The Balaban J connectivity index is 1.61. The Bertz CT molecular complexity index is 971. The van der Waals surface area contributed by atoms with Crippen molar-refractivity contribution in [1.82, 2.24) is 5.16 Å². The highest BCUT2D eigenvalue weighted by Gasteiger charge is 2.20. The molecule has 2 aromatic carbocycles. The van der Waals surface area contributed by atoms with Gasteiger partial charge in [-0.2, -0.15) is 0 Å². The number of anilines is 1. The molecule has 6 nitrogen and oxygen atoms in total. The molecule has 126 valence electrons. The van der Waals surface area contributed by atoms with E-state index in [4.69, 9.17) is 14.0 Å². The molecule has 1 aliphatic rings. The number of halogens is 2. The van der Waals surface area contributed by atoms with Gasteiger partial charge in [0.15, 0.2) is 28.9 Å². The number of hydrogen-bond donors (Lipinski definition) is 1. The van der Waals surface area contributed by atoms with Gasteiger partial charge in [0, 0.05) is 17.3 Å². The van der Waals surface area contributed by atoms with Gasteiger partial charge < -0.3 is 19.3 Å². The number of fused-ring (bicyclic) bond motifs is 1. The summed E-state index contributed by atoms with van der Waals surface area (Å²) in [5.41, 5.74) is 0.766. The molecule has 0 aliphatic carbocycles. The van der Waals surface area contributed by atoms with Crippen molar-refractivity contribution in [3.63, 3.8) is 0 Å². The Labute approximate surface area is 140 Å². The summed E-state index contributed by atoms with van der Waals surface area (Å²) in [4.78, 5) is 12.5. The first-order valence-corrected chi connectivity index (χ1v) is 7.23. The van der Waals surface area contributed by atoms with E-state index in [2.05, 4.69) is 10.5 Å². The fourth-order valence-electron chi connectivity index (χ4n) is 2.42. The molecule has 0 saturated heterocycles. The van der Waals surface area contributed by atoms with Crippen molar-refractivity contribution < 1.29 is 27.6 Å². The number of rotatable bonds is 3. The van der Waals surface area contributed by atoms with E-state index in [1.54, 1.807) is 18.2 Å². The van der Waals surface area contributed by atoms with Crippen LogP contribution >= 0.6 is 0 Å². The van der Waals surface area contributed by atoms with Crippen molar-refractivity contribution in [2.75, 3.05) is 12.1 Å². The molecule has 1 aromatic heterocycles. The second-order valence-electron chi connectivity index (χ2n) is 5.22. The third-order valence-electron chi connectivity index (χ3n) is 3.63. The lowest BCUT2D eigenvalue weighted by atomic mass is 10.1. The molecule has 4 rings (SSSR count). The van der Waals surface area contributed by atoms with Gasteiger partial charge in [0.25, 0.3) is 5.91 Å². The number of carbonyl (C=O) groups excluding carboxylic acids is 1. The molecular formula is C17H10F2N2O4. The molecule has 0 saturated carbocycles. The predicted octanol–water partition coefficient (Wildman–Crippen LogP) is 3.60. The summed E-state index contributed by atoms with van der Waals surface area (Å²) in [6.45, 7) is 0.124. The molecule has 0 atom stereocenters. The topological polar surface area (TPSA) is 73.6 Å². The van der Waals surface area contributed by atoms with Gasteiger partial charge in [-0.15, -0.1) is 0 Å². The summed E-state index contributed by atoms with van der Waals surface area (Å²) in [6, 6.07) is 8.12. The molecule has 3 aromatic rings. The molecule has 0 unspecified atom stereocenters. The van der Waals surface area contributed by atoms with E-state index in [-0.39, 0.29) is 23.7 Å². The highest BCUT2D eigenvalue weighted by Crippen LogP contribution is 2.34. The van der Waals surface area contributed by atoms with Crippen LogP contribution in [0, 0.1) is 11.6 Å². The van der Waals surface area contributed by atoms with Gasteiger partial charge >= 0.3 is 0 Å². The highest BCUT2D eigenvalue weighted by atomic mass is 19.2. The lowest BCUT2D eigenvalue weighted by Gasteiger charge is -2.06. The van der Waals surface area contributed by atoms with E-state index in [1.165, 1.54) is 12.3 Å². The first kappa shape index (κ1) is 15.1. The number of nitrogens with one attached hydrogen (secondary N) is 1. The Morgan fingerprint density at radius 2 is 1.88 bits per heavy atom. The van der Waals surface area contributed by atoms with Gasteiger partial charge in [-0.25, -0.2) is 8.78 Å². The van der Waals surface area contributed by atoms with Crippen molar-refractivity contribution in [2.45, 2.75) is 0 Å². The quantitative estimate of drug-likeness (QED) is 0.786. The average molecular weight is 344 g/mol. The van der Waals surface area contributed by atoms with Crippen LogP contribution < -0.4 is 14.8 Å². The molecule has 0 fully saturated rings. The Morgan fingerprint density at radius 1 is 1.04 bits per heavy atom. The SMILES string of the molecule is O=C(Nc1ccc2c(c1)OCO2)c1cnoc1-c1ccc(F)c(F)c1. The summed E-state index contributed by atoms with van der Waals surface area (Å²) in [6.07, 6.45) is 1.21. The van der Waals surface area contributed by atoms with Crippen molar-refractivity contribution in [3.05, 3.63) is 59.8 Å². The van der Waals surface area contributed by atoms with Crippen LogP contribution in [-0.4, -0.2) is 17.9 Å². The maximum Gasteiger partial charge on any atom is 0.261 e. The van der Waals surface area contributed by atoms with Crippen LogP contribution in [0.4, 0.5) is 14.5 Å². The Kier molecular flexibility index (Phi) is 3.57. The zero-order chi connectivity index (χ0) is 17.4. The van der Waals surface area contributed by atoms with Crippen molar-refractivity contribution >= 4 is 11.6 Å². The number of carbonyl (C=O) groups is 1. The summed E-state index contributed by atoms with van der Waals surface area (Å²) < 4.78 is 42.0. The fraction of sp³-hybridized carbons (Fsp3) is 0.0588. The normalized spacial score (nSPS) is 12.2. The number of hydrogen-bond acceptors (Lipinski definition) is 5. The Hall–Kier alpha value is -3.42. The van der Waals surface area contributed by atoms with Crippen LogP contribution in [0.1, 0.15) is 10.4 Å². The number of nitrogens with zero attached hydrogens (tertiary/aromatic N) is 1. The number of benzene rings is 2. The van der Waals surface area contributed by atoms with Crippen molar-refractivity contribution in [1.29, 1.82) is 0 Å². The number of aromatic nitrogens is 1. The molecule has 1 aliphatic heterocycles. The fourth-order valence-corrected chi connectivity index (χ4v) is 2.42. The minimum absolute atomic E-state index is 0.0390. The van der Waals surface area contributed by atoms with Crippen molar-refractivity contribution in [2.24, 2.45) is 0 Å². The molecule has 8 heteroatoms. The van der Waals surface area contributed by atoms with E-state index >= 15 is 0 Å². The average Bonchev–Trinajstić information content (AvgIpc) is 3.25. The second kappa shape index (κ2) is 5.90. The van der Waals surface area contributed by atoms with Crippen LogP contribution in [0.15, 0.2) is 47.1 Å². The largest absolute Gasteiger partial charge is 0.454 e. The number of amides is 1. The maximum absolute atomic E-state index is 13.4. The first-order chi connectivity index (χ1) is 12.1. The zero-order valence-electron chi connectivity index (χ0n) is 12.6. The second-order valence-corrected chi connectivity index (χ2v) is 5.22. The monoisotopic (exact) mass is 344 g/mol. The summed E-state index contributed by atoms with van der Waals surface area (Å²) in [7, 11) is 0. The lowest BCUT2D eigenvalue weighted by Crippen LogP contribution is -2.12. The molecule has 1 amide bonds. The number of ether oxygens (including phenoxy) is 2. The highest BCUT2D eigenvalue weighted by molar-refractivity contribution is 6.07. The molecular weight excluding hydrogens is 334 g/mol. The van der Waals surface area contributed by atoms with Crippen LogP contribution in [0.2, 0.25) is 0 Å². The minimum atomic E-state index is -1.05. The van der Waals surface area contributed by atoms with Gasteiger partial charge in [-0.1, -0.05) is 5.16 Å². The summed E-state index contributed by atoms with van der Waals surface area (Å²) in [5.74, 6) is -1.41. The van der Waals surface area contributed by atoms with Gasteiger partial charge in [0.1, 0.15) is 5.56 Å². The van der Waals surface area contributed by atoms with Gasteiger partial charge in [-0.05, 0) is 30.3 Å². The van der Waals surface area contributed by atoms with E-state index in [0.29, 0.717) is 17.2 Å². The maximum atomic E-state index is 13.4. The molecule has 0 bridgehead atoms. The molecule has 25 heavy (non-hydrogen) atoms. The zero-order valence-corrected chi connectivity index (χ0v) is 12.6. The minimum Gasteiger partial charge on any atom is -0.454 e. The van der Waals surface area contributed by atoms with E-state index < -0.39 is 17.5 Å². The smallest absolute Gasteiger partial charge is 0.261 e. The van der Waals surface area contributed by atoms with Crippen LogP contribution in [-0.2, 0) is 0 Å². The third kappa shape index (κ3) is 2.78. The molecule has 0 radical (unpaired) electrons. The predicted molar refractivity (Wildman–Crippen MR) is 82.4 cm³/mol. The van der Waals surface area contributed by atoms with Crippen LogP contribution in [0.25, 0.3) is 11.3 Å². The van der Waals surface area contributed by atoms with Crippen LogP contribution in [0.3, 0.4) is 0 Å². The lowest BCUT2D eigenvalue weighted by molar-refractivity contribution is 0.102. The molecule has 0 spiro atoms. The van der Waals surface area contributed by atoms with E-state index in [1.807, 2.05) is 0 Å². The standard InChI is InChI=1S/C17H10F2N2O4/c18-12-3-1-9(5-13(12)19)16-11(7-20-25-16)17(22)21-10-2-4-14-15(6-10)24-8-23-14/h1-7H,8H2,(H,21,22). The van der Waals surface area contributed by atoms with Gasteiger partial charge in [0.05, 0.1) is 6.20 Å².